The van der Waals surface area contributed by atoms with Gasteiger partial charge in [-0.15, -0.1) is 6.58 Å². The molecule has 2 heteroatoms. The van der Waals surface area contributed by atoms with E-state index in [0.717, 1.165) is 18.8 Å². The summed E-state index contributed by atoms with van der Waals surface area (Å²) in [5.41, 5.74) is 1.47. The number of rotatable bonds is 9. The lowest BCUT2D eigenvalue weighted by Crippen LogP contribution is -2.42. The Bertz CT molecular complexity index is 411. The molecule has 1 atom stereocenters. The van der Waals surface area contributed by atoms with Crippen molar-refractivity contribution < 1.29 is 0 Å². The molecule has 0 amide bonds. The van der Waals surface area contributed by atoms with E-state index in [-0.39, 0.29) is 11.6 Å². The molecular formula is C24H46N2. The highest BCUT2D eigenvalue weighted by Gasteiger charge is 2.22. The molecule has 1 aromatic rings. The molecule has 26 heavy (non-hydrogen) atoms. The summed E-state index contributed by atoms with van der Waals surface area (Å²) in [7, 11) is 4.23. The maximum atomic E-state index is 3.93. The Morgan fingerprint density at radius 1 is 1.08 bits per heavy atom. The molecule has 0 fully saturated rings. The lowest BCUT2D eigenvalue weighted by atomic mass is 9.93. The van der Waals surface area contributed by atoms with Gasteiger partial charge in [0, 0.05) is 5.54 Å². The Morgan fingerprint density at radius 3 is 1.88 bits per heavy atom. The first-order valence-corrected chi connectivity index (χ1v) is 10.4. The zero-order valence-electron chi connectivity index (χ0n) is 19.1. The van der Waals surface area contributed by atoms with Gasteiger partial charge in [-0.1, -0.05) is 78.0 Å². The largest absolute Gasteiger partial charge is 0.309 e. The van der Waals surface area contributed by atoms with E-state index in [1.807, 2.05) is 26.0 Å². The summed E-state index contributed by atoms with van der Waals surface area (Å²) in [4.78, 5) is 2.22. The quantitative estimate of drug-likeness (QED) is 0.491. The molecule has 0 aliphatic carbocycles. The van der Waals surface area contributed by atoms with Crippen molar-refractivity contribution in [1.82, 2.24) is 10.2 Å². The molecular weight excluding hydrogens is 316 g/mol. The van der Waals surface area contributed by atoms with Gasteiger partial charge >= 0.3 is 0 Å². The van der Waals surface area contributed by atoms with Crippen LogP contribution in [0.25, 0.3) is 0 Å². The minimum absolute atomic E-state index is 0.189. The van der Waals surface area contributed by atoms with Crippen molar-refractivity contribution in [2.75, 3.05) is 20.6 Å². The SMILES string of the molecule is C=CC(NC(C)(CC)CC)c1ccccc1.CC.CC(C)CCN(C)C. The van der Waals surface area contributed by atoms with Crippen molar-refractivity contribution in [2.24, 2.45) is 5.92 Å². The third-order valence-electron chi connectivity index (χ3n) is 4.61. The Morgan fingerprint density at radius 2 is 1.58 bits per heavy atom. The number of nitrogens with one attached hydrogen (secondary N) is 1. The zero-order chi connectivity index (χ0) is 20.6. The molecule has 1 aromatic carbocycles. The standard InChI is InChI=1S/C15H23N.C7H17N.C2H6/c1-5-14(13-11-9-8-10-12-13)16-15(4,6-2)7-3;1-7(2)5-6-8(3)4;1-2/h5,8-12,14,16H,1,6-7H2,2-4H3;7H,5-6H2,1-4H3;1-2H3. The second-order valence-corrected chi connectivity index (χ2v) is 7.52. The van der Waals surface area contributed by atoms with Crippen LogP contribution in [0, 0.1) is 5.92 Å². The fourth-order valence-electron chi connectivity index (χ4n) is 2.28. The average Bonchev–Trinajstić information content (AvgIpc) is 2.67. The van der Waals surface area contributed by atoms with E-state index >= 15 is 0 Å². The van der Waals surface area contributed by atoms with Gasteiger partial charge in [-0.2, -0.15) is 0 Å². The van der Waals surface area contributed by atoms with Gasteiger partial charge in [0.25, 0.3) is 0 Å². The van der Waals surface area contributed by atoms with Crippen molar-refractivity contribution in [3.8, 4) is 0 Å². The highest BCUT2D eigenvalue weighted by atomic mass is 15.0. The molecule has 0 heterocycles. The van der Waals surface area contributed by atoms with Gasteiger partial charge in [0.15, 0.2) is 0 Å². The van der Waals surface area contributed by atoms with Crippen molar-refractivity contribution in [1.29, 1.82) is 0 Å². The van der Waals surface area contributed by atoms with Crippen LogP contribution in [0.15, 0.2) is 43.0 Å². The first-order chi connectivity index (χ1) is 12.3. The Labute approximate surface area is 165 Å². The summed E-state index contributed by atoms with van der Waals surface area (Å²) in [5.74, 6) is 0.845. The van der Waals surface area contributed by atoms with Crippen molar-refractivity contribution in [2.45, 2.75) is 79.3 Å². The molecule has 0 spiro atoms. The minimum Gasteiger partial charge on any atom is -0.309 e. The predicted molar refractivity (Wildman–Crippen MR) is 121 cm³/mol. The van der Waals surface area contributed by atoms with Crippen LogP contribution in [0.4, 0.5) is 0 Å². The van der Waals surface area contributed by atoms with Crippen molar-refractivity contribution >= 4 is 0 Å². The van der Waals surface area contributed by atoms with E-state index in [0.29, 0.717) is 0 Å². The summed E-state index contributed by atoms with van der Waals surface area (Å²) in [6, 6.07) is 10.7. The van der Waals surface area contributed by atoms with Gasteiger partial charge in [-0.25, -0.2) is 0 Å². The fraction of sp³-hybridized carbons (Fsp3) is 0.667. The molecule has 0 radical (unpaired) electrons. The average molecular weight is 363 g/mol. The van der Waals surface area contributed by atoms with Gasteiger partial charge in [0.2, 0.25) is 0 Å². The molecule has 0 saturated heterocycles. The molecule has 0 bridgehead atoms. The van der Waals surface area contributed by atoms with E-state index in [1.54, 1.807) is 0 Å². The third kappa shape index (κ3) is 13.1. The van der Waals surface area contributed by atoms with Gasteiger partial charge < -0.3 is 10.2 Å². The van der Waals surface area contributed by atoms with E-state index in [4.69, 9.17) is 0 Å². The Kier molecular flexibility index (Phi) is 16.8. The van der Waals surface area contributed by atoms with Gasteiger partial charge in [0.05, 0.1) is 6.04 Å². The van der Waals surface area contributed by atoms with Crippen molar-refractivity contribution in [3.63, 3.8) is 0 Å². The molecule has 0 saturated carbocycles. The Balaban J connectivity index is 0. The van der Waals surface area contributed by atoms with Crippen LogP contribution < -0.4 is 5.32 Å². The lowest BCUT2D eigenvalue weighted by Gasteiger charge is -2.32. The molecule has 1 unspecified atom stereocenters. The molecule has 1 rings (SSSR count). The van der Waals surface area contributed by atoms with Crippen LogP contribution in [-0.2, 0) is 0 Å². The monoisotopic (exact) mass is 362 g/mol. The van der Waals surface area contributed by atoms with Crippen LogP contribution in [0.1, 0.15) is 79.3 Å². The van der Waals surface area contributed by atoms with Crippen LogP contribution >= 0.6 is 0 Å². The predicted octanol–water partition coefficient (Wildman–Crippen LogP) is 6.70. The van der Waals surface area contributed by atoms with Gasteiger partial charge in [-0.05, 0) is 58.3 Å². The lowest BCUT2D eigenvalue weighted by molar-refractivity contribution is 0.311. The van der Waals surface area contributed by atoms with E-state index in [1.165, 1.54) is 18.5 Å². The smallest absolute Gasteiger partial charge is 0.0507 e. The van der Waals surface area contributed by atoms with Crippen molar-refractivity contribution in [3.05, 3.63) is 48.6 Å². The second-order valence-electron chi connectivity index (χ2n) is 7.52. The number of benzene rings is 1. The van der Waals surface area contributed by atoms with Crippen LogP contribution in [0.3, 0.4) is 0 Å². The van der Waals surface area contributed by atoms with Crippen LogP contribution in [-0.4, -0.2) is 31.1 Å². The van der Waals surface area contributed by atoms with Gasteiger partial charge in [0.1, 0.15) is 0 Å². The highest BCUT2D eigenvalue weighted by Crippen LogP contribution is 2.22. The molecule has 0 aromatic heterocycles. The third-order valence-corrected chi connectivity index (χ3v) is 4.61. The summed E-state index contributed by atoms with van der Waals surface area (Å²) in [6.45, 7) is 20.4. The first-order valence-electron chi connectivity index (χ1n) is 10.4. The minimum atomic E-state index is 0.189. The molecule has 2 nitrogen and oxygen atoms in total. The highest BCUT2D eigenvalue weighted by molar-refractivity contribution is 5.22. The van der Waals surface area contributed by atoms with Crippen LogP contribution in [0.5, 0.6) is 0 Å². The van der Waals surface area contributed by atoms with Gasteiger partial charge in [-0.3, -0.25) is 0 Å². The number of nitrogens with zero attached hydrogens (tertiary/aromatic N) is 1. The maximum absolute atomic E-state index is 3.93. The maximum Gasteiger partial charge on any atom is 0.0507 e. The topological polar surface area (TPSA) is 15.3 Å². The Hall–Kier alpha value is -1.12. The molecule has 0 aliphatic rings. The summed E-state index contributed by atoms with van der Waals surface area (Å²) < 4.78 is 0. The van der Waals surface area contributed by atoms with Crippen LogP contribution in [0.2, 0.25) is 0 Å². The molecule has 152 valence electrons. The normalized spacial score (nSPS) is 12.0. The van der Waals surface area contributed by atoms with E-state index in [2.05, 4.69) is 89.8 Å². The summed E-state index contributed by atoms with van der Waals surface area (Å²) in [6.07, 6.45) is 5.55. The number of hydrogen-bond acceptors (Lipinski definition) is 2. The first kappa shape index (κ1) is 27.1. The molecule has 1 N–H and O–H groups in total. The fourth-order valence-corrected chi connectivity index (χ4v) is 2.28. The summed E-state index contributed by atoms with van der Waals surface area (Å²) >= 11 is 0. The second kappa shape index (κ2) is 16.1. The summed E-state index contributed by atoms with van der Waals surface area (Å²) in [5, 5.41) is 3.68. The number of hydrogen-bond donors (Lipinski definition) is 1. The van der Waals surface area contributed by atoms with E-state index < -0.39 is 0 Å². The van der Waals surface area contributed by atoms with E-state index in [9.17, 15) is 0 Å². The molecule has 0 aliphatic heterocycles. The zero-order valence-corrected chi connectivity index (χ0v) is 19.1.